The molecule has 16 nitrogen and oxygen atoms in total. The first kappa shape index (κ1) is 85.1. The summed E-state index contributed by atoms with van der Waals surface area (Å²) < 4.78 is 83.5. The first-order valence-corrected chi connectivity index (χ1v) is 37.0. The lowest BCUT2D eigenvalue weighted by Crippen LogP contribution is -2.60. The number of halogens is 11. The molecule has 0 bridgehead atoms. The molecule has 2 atom stereocenters. The Kier molecular flexibility index (Phi) is 27.9. The Morgan fingerprint density at radius 2 is 0.736 bits per heavy atom. The molecule has 2 fully saturated rings. The van der Waals surface area contributed by atoms with Crippen molar-refractivity contribution in [3.8, 4) is 0 Å². The number of nitrogens with one attached hydrogen (secondary N) is 4. The van der Waals surface area contributed by atoms with E-state index in [1.807, 2.05) is 158 Å². The van der Waals surface area contributed by atoms with Crippen LogP contribution in [-0.4, -0.2) is 158 Å². The number of carbonyl (C=O) groups excluding carboxylic acids is 6. The number of piperidine rings is 2. The molecule has 8 aromatic rings. The smallest absolute Gasteiger partial charge is 0.346 e. The van der Waals surface area contributed by atoms with Crippen molar-refractivity contribution in [2.45, 2.75) is 105 Å². The van der Waals surface area contributed by atoms with E-state index in [9.17, 15) is 55.1 Å². The fourth-order valence-corrected chi connectivity index (χ4v) is 16.4. The molecule has 2 spiro atoms. The molecule has 0 aliphatic carbocycles. The summed E-state index contributed by atoms with van der Waals surface area (Å²) in [6, 6.07) is 60.4. The highest BCUT2D eigenvalue weighted by molar-refractivity contribution is 6.42. The average molecular weight is 1610 g/mol. The Hall–Kier alpha value is -8.87. The zero-order chi connectivity index (χ0) is 77.3. The lowest BCUT2D eigenvalue weighted by Gasteiger charge is -2.48. The first-order valence-electron chi connectivity index (χ1n) is 35.5. The van der Waals surface area contributed by atoms with E-state index >= 15 is 0 Å². The molecule has 4 heterocycles. The second-order valence-electron chi connectivity index (χ2n) is 28.3. The van der Waals surface area contributed by atoms with Crippen molar-refractivity contribution >= 4 is 94.5 Å². The number of carbonyl (C=O) groups is 6. The van der Waals surface area contributed by atoms with Crippen LogP contribution in [-0.2, 0) is 54.2 Å². The highest BCUT2D eigenvalue weighted by atomic mass is 35.5. The molecule has 12 rings (SSSR count). The average Bonchev–Trinajstić information content (AvgIpc) is 0.766. The number of hydrogen-bond acceptors (Lipinski definition) is 8. The molecule has 8 amide bonds. The minimum atomic E-state index is -5.15. The standard InChI is InChI=1S/2C41H42Cl2F3N5O3.CH4.ClH/c2*1-49(37(53)41(44,45)46)27-40(31-17-18-33(42)34(43)26-31,50(2)38(54)47-36(28-11-5-3-6-12-28)29-13-7-4-8-14-29)21-24-51-22-19-39(20-23-51)32-16-10-9-15-30(32)25-35(52)48-39;;/h2*3-18,26,36H,19-25,27H2,1-2H3,(H,47,54)(H,48,52);1H4;1H. The van der Waals surface area contributed by atoms with Gasteiger partial charge in [-0.2, -0.15) is 26.3 Å². The van der Waals surface area contributed by atoms with Crippen LogP contribution < -0.4 is 21.3 Å². The molecule has 4 aliphatic heterocycles. The summed E-state index contributed by atoms with van der Waals surface area (Å²) in [5, 5.41) is 13.5. The zero-order valence-electron chi connectivity index (χ0n) is 60.4. The van der Waals surface area contributed by atoms with Gasteiger partial charge in [0.15, 0.2) is 0 Å². The molecule has 0 radical (unpaired) electrons. The Labute approximate surface area is 664 Å². The van der Waals surface area contributed by atoms with Gasteiger partial charge in [-0.3, -0.25) is 19.2 Å². The minimum absolute atomic E-state index is 0. The number of nitrogens with zero attached hydrogens (tertiary/aromatic N) is 6. The Bertz CT molecular complexity index is 4160. The van der Waals surface area contributed by atoms with Gasteiger partial charge in [0.1, 0.15) is 0 Å². The van der Waals surface area contributed by atoms with Crippen LogP contribution in [0.5, 0.6) is 0 Å². The summed E-state index contributed by atoms with van der Waals surface area (Å²) in [7, 11) is 5.21. The zero-order valence-corrected chi connectivity index (χ0v) is 64.3. The van der Waals surface area contributed by atoms with Gasteiger partial charge in [0.2, 0.25) is 11.8 Å². The number of alkyl halides is 6. The van der Waals surface area contributed by atoms with Crippen LogP contribution in [0.1, 0.15) is 114 Å². The van der Waals surface area contributed by atoms with Crippen molar-refractivity contribution < 1.29 is 55.1 Å². The van der Waals surface area contributed by atoms with Gasteiger partial charge in [-0.25, -0.2) is 9.59 Å². The normalized spacial score (nSPS) is 16.3. The first-order chi connectivity index (χ1) is 51.4. The molecular formula is C83H89Cl5F6N10O6. The summed E-state index contributed by atoms with van der Waals surface area (Å²) in [5.41, 5.74) is 4.14. The summed E-state index contributed by atoms with van der Waals surface area (Å²) in [6.07, 6.45) is -6.92. The van der Waals surface area contributed by atoms with Gasteiger partial charge in [0.25, 0.3) is 0 Å². The maximum absolute atomic E-state index is 14.6. The number of likely N-dealkylation sites (N-methyl/N-ethyl adjacent to an activating group) is 4. The van der Waals surface area contributed by atoms with Crippen LogP contribution in [0, 0.1) is 0 Å². The van der Waals surface area contributed by atoms with Crippen LogP contribution in [0.15, 0.2) is 206 Å². The van der Waals surface area contributed by atoms with E-state index < -0.39 is 83.6 Å². The summed E-state index contributed by atoms with van der Waals surface area (Å²) in [4.78, 5) is 88.5. The van der Waals surface area contributed by atoms with E-state index in [0.29, 0.717) is 98.7 Å². The molecule has 0 saturated carbocycles. The molecule has 4 aliphatic rings. The van der Waals surface area contributed by atoms with E-state index in [4.69, 9.17) is 46.4 Å². The van der Waals surface area contributed by atoms with E-state index in [-0.39, 0.29) is 64.6 Å². The predicted octanol–water partition coefficient (Wildman–Crippen LogP) is 16.4. The molecule has 2 unspecified atom stereocenters. The van der Waals surface area contributed by atoms with Crippen LogP contribution in [0.4, 0.5) is 35.9 Å². The largest absolute Gasteiger partial charge is 0.471 e. The number of fused-ring (bicyclic) bond motifs is 4. The molecule has 4 N–H and O–H groups in total. The molecule has 2 saturated heterocycles. The van der Waals surface area contributed by atoms with E-state index in [1.165, 1.54) is 36.0 Å². The van der Waals surface area contributed by atoms with Crippen molar-refractivity contribution in [2.24, 2.45) is 0 Å². The van der Waals surface area contributed by atoms with Gasteiger partial charge in [-0.15, -0.1) is 12.4 Å². The Morgan fingerprint density at radius 1 is 0.445 bits per heavy atom. The summed E-state index contributed by atoms with van der Waals surface area (Å²) >= 11 is 25.8. The van der Waals surface area contributed by atoms with Crippen LogP contribution in [0.2, 0.25) is 20.1 Å². The maximum Gasteiger partial charge on any atom is 0.471 e. The van der Waals surface area contributed by atoms with Gasteiger partial charge in [-0.1, -0.05) is 236 Å². The molecule has 27 heteroatoms. The van der Waals surface area contributed by atoms with Gasteiger partial charge < -0.3 is 50.7 Å². The highest BCUT2D eigenvalue weighted by Gasteiger charge is 2.51. The fourth-order valence-electron chi connectivity index (χ4n) is 15.8. The van der Waals surface area contributed by atoms with Crippen molar-refractivity contribution in [3.63, 3.8) is 0 Å². The monoisotopic (exact) mass is 1610 g/mol. The predicted molar refractivity (Wildman–Crippen MR) is 420 cm³/mol. The van der Waals surface area contributed by atoms with E-state index in [0.717, 1.165) is 58.6 Å². The quantitative estimate of drug-likeness (QED) is 0.0547. The number of rotatable bonds is 20. The Balaban J connectivity index is 0.000000249. The molecular weight excluding hydrogens is 1520 g/mol. The number of amides is 8. The topological polar surface area (TPSA) is 170 Å². The summed E-state index contributed by atoms with van der Waals surface area (Å²) in [5.74, 6) is -4.15. The SMILES string of the molecule is C.CN(CC(CCN1CCC2(CC1)NC(=O)Cc1ccccc12)(c1ccc(Cl)c(Cl)c1)N(C)C(=O)NC(c1ccccc1)c1ccccc1)C(=O)C(F)(F)F.CN(CC(CCN1CCC2(CC1)NC(=O)Cc1ccccc12)(c1ccc(Cl)c(Cl)c1)N(C)C(=O)NC(c1ccccc1)c1ccccc1)C(=O)C(F)(F)F.Cl. The van der Waals surface area contributed by atoms with Gasteiger partial charge >= 0.3 is 36.2 Å². The van der Waals surface area contributed by atoms with Crippen LogP contribution in [0.25, 0.3) is 0 Å². The molecule has 8 aromatic carbocycles. The van der Waals surface area contributed by atoms with Crippen molar-refractivity contribution in [1.29, 1.82) is 0 Å². The highest BCUT2D eigenvalue weighted by Crippen LogP contribution is 2.44. The molecule has 0 aromatic heterocycles. The molecule has 110 heavy (non-hydrogen) atoms. The van der Waals surface area contributed by atoms with Crippen molar-refractivity contribution in [3.05, 3.63) is 282 Å². The number of benzene rings is 8. The Morgan fingerprint density at radius 3 is 1.03 bits per heavy atom. The third-order valence-corrected chi connectivity index (χ3v) is 23.2. The van der Waals surface area contributed by atoms with E-state index in [1.54, 1.807) is 24.3 Å². The van der Waals surface area contributed by atoms with E-state index in [2.05, 4.69) is 43.2 Å². The third-order valence-electron chi connectivity index (χ3n) is 21.7. The van der Waals surface area contributed by atoms with Crippen molar-refractivity contribution in [1.82, 2.24) is 50.7 Å². The second-order valence-corrected chi connectivity index (χ2v) is 29.9. The lowest BCUT2D eigenvalue weighted by atomic mass is 9.75. The minimum Gasteiger partial charge on any atom is -0.346 e. The van der Waals surface area contributed by atoms with Crippen LogP contribution >= 0.6 is 58.8 Å². The summed E-state index contributed by atoms with van der Waals surface area (Å²) in [6.45, 7) is 1.97. The second kappa shape index (κ2) is 36.1. The number of urea groups is 2. The lowest BCUT2D eigenvalue weighted by molar-refractivity contribution is -0.185. The number of hydrogen-bond donors (Lipinski definition) is 4. The van der Waals surface area contributed by atoms with Crippen molar-refractivity contribution in [2.75, 3.05) is 80.5 Å². The number of likely N-dealkylation sites (tertiary alicyclic amines) is 2. The third kappa shape index (κ3) is 19.2. The van der Waals surface area contributed by atoms with Gasteiger partial charge in [0.05, 0.1) is 67.2 Å². The maximum atomic E-state index is 14.6. The van der Waals surface area contributed by atoms with Crippen LogP contribution in [0.3, 0.4) is 0 Å². The fraction of sp³-hybridized carbons (Fsp3) is 0.349. The molecule has 584 valence electrons. The van der Waals surface area contributed by atoms with Gasteiger partial charge in [-0.05, 0) is 118 Å². The van der Waals surface area contributed by atoms with Gasteiger partial charge in [0, 0.05) is 80.5 Å².